The molecule has 1 aromatic heterocycles. The van der Waals surface area contributed by atoms with E-state index in [9.17, 15) is 9.90 Å². The van der Waals surface area contributed by atoms with E-state index in [-0.39, 0.29) is 12.6 Å². The molecule has 1 heterocycles. The van der Waals surface area contributed by atoms with Crippen molar-refractivity contribution < 1.29 is 14.6 Å². The average molecular weight is 419 g/mol. The molecule has 7 nitrogen and oxygen atoms in total. The first-order valence-electron chi connectivity index (χ1n) is 9.24. The summed E-state index contributed by atoms with van der Waals surface area (Å²) in [6.07, 6.45) is -0.319. The molecule has 0 aromatic carbocycles. The van der Waals surface area contributed by atoms with Gasteiger partial charge in [-0.3, -0.25) is 4.99 Å². The van der Waals surface area contributed by atoms with Crippen molar-refractivity contribution in [2.45, 2.75) is 46.3 Å². The van der Waals surface area contributed by atoms with Gasteiger partial charge in [0, 0.05) is 24.0 Å². The van der Waals surface area contributed by atoms with Crippen molar-refractivity contribution in [2.24, 2.45) is 10.9 Å². The van der Waals surface area contributed by atoms with Crippen LogP contribution < -0.4 is 16.0 Å². The molecule has 0 aliphatic rings. The first-order valence-corrected chi connectivity index (χ1v) is 10.4. The Labute approximate surface area is 170 Å². The molecule has 27 heavy (non-hydrogen) atoms. The molecule has 0 aliphatic carbocycles. The molecule has 4 N–H and O–H groups in total. The molecule has 2 atom stereocenters. The van der Waals surface area contributed by atoms with Crippen LogP contribution in [0.15, 0.2) is 17.1 Å². The number of halogens is 1. The summed E-state index contributed by atoms with van der Waals surface area (Å²) in [6.45, 7) is 9.68. The molecule has 0 aliphatic heterocycles. The van der Waals surface area contributed by atoms with Gasteiger partial charge in [0.2, 0.25) is 0 Å². The summed E-state index contributed by atoms with van der Waals surface area (Å²) >= 11 is 7.25. The molecule has 1 amide bonds. The zero-order chi connectivity index (χ0) is 20.2. The second kappa shape index (κ2) is 12.8. The summed E-state index contributed by atoms with van der Waals surface area (Å²) in [5.41, 5.74) is 0. The van der Waals surface area contributed by atoms with Crippen molar-refractivity contribution in [1.82, 2.24) is 16.0 Å². The number of aliphatic hydroxyl groups excluding tert-OH is 1. The van der Waals surface area contributed by atoms with Gasteiger partial charge in [-0.1, -0.05) is 25.4 Å². The van der Waals surface area contributed by atoms with E-state index in [1.54, 1.807) is 19.1 Å². The van der Waals surface area contributed by atoms with Crippen LogP contribution in [0.25, 0.3) is 0 Å². The Morgan fingerprint density at radius 1 is 1.33 bits per heavy atom. The van der Waals surface area contributed by atoms with Crippen molar-refractivity contribution in [3.63, 3.8) is 0 Å². The lowest BCUT2D eigenvalue weighted by molar-refractivity contribution is 0.146. The van der Waals surface area contributed by atoms with E-state index in [1.165, 1.54) is 11.3 Å². The summed E-state index contributed by atoms with van der Waals surface area (Å²) in [6, 6.07) is 3.47. The van der Waals surface area contributed by atoms with E-state index in [1.807, 2.05) is 6.92 Å². The summed E-state index contributed by atoms with van der Waals surface area (Å²) < 4.78 is 5.61. The lowest BCUT2D eigenvalue weighted by atomic mass is 10.0. The predicted octanol–water partition coefficient (Wildman–Crippen LogP) is 3.15. The Morgan fingerprint density at radius 3 is 2.63 bits per heavy atom. The zero-order valence-electron chi connectivity index (χ0n) is 16.4. The minimum Gasteiger partial charge on any atom is -0.450 e. The van der Waals surface area contributed by atoms with Crippen LogP contribution in [0, 0.1) is 5.92 Å². The van der Waals surface area contributed by atoms with Crippen LogP contribution >= 0.6 is 22.9 Å². The Balaban J connectivity index is 2.64. The number of hydrogen-bond donors (Lipinski definition) is 4. The van der Waals surface area contributed by atoms with Gasteiger partial charge in [-0.05, 0) is 38.3 Å². The van der Waals surface area contributed by atoms with Gasteiger partial charge >= 0.3 is 6.09 Å². The van der Waals surface area contributed by atoms with Crippen molar-refractivity contribution in [3.05, 3.63) is 21.3 Å². The van der Waals surface area contributed by atoms with E-state index in [0.717, 1.165) is 11.3 Å². The number of aliphatic imine (C=N–C) groups is 1. The zero-order valence-corrected chi connectivity index (χ0v) is 18.0. The molecular formula is C18H31ClN4O3S. The summed E-state index contributed by atoms with van der Waals surface area (Å²) in [4.78, 5) is 16.9. The van der Waals surface area contributed by atoms with Crippen LogP contribution in [0.1, 0.15) is 45.1 Å². The van der Waals surface area contributed by atoms with Gasteiger partial charge < -0.3 is 25.8 Å². The molecule has 1 aromatic rings. The third-order valence-corrected chi connectivity index (χ3v) is 4.89. The Kier molecular flexibility index (Phi) is 11.2. The highest BCUT2D eigenvalue weighted by atomic mass is 35.5. The highest BCUT2D eigenvalue weighted by Crippen LogP contribution is 2.26. The molecule has 0 bridgehead atoms. The standard InChI is InChI=1S/C18H31ClN4O3S/c1-5-20-17(22-11-14(24)15-7-8-16(19)27-15)21-10-13(9-12(3)4)23-18(25)26-6-2/h7-8,12-14,24H,5-6,9-11H2,1-4H3,(H,23,25)(H2,20,21,22). The van der Waals surface area contributed by atoms with Gasteiger partial charge in [-0.2, -0.15) is 0 Å². The SMILES string of the molecule is CCNC(=NCC(O)c1ccc(Cl)s1)NCC(CC(C)C)NC(=O)OCC. The Morgan fingerprint density at radius 2 is 2.07 bits per heavy atom. The minimum absolute atomic E-state index is 0.0890. The third kappa shape index (κ3) is 9.83. The second-order valence-corrected chi connectivity index (χ2v) is 8.20. The molecular weight excluding hydrogens is 388 g/mol. The number of thiophene rings is 1. The molecule has 0 saturated carbocycles. The third-order valence-electron chi connectivity index (χ3n) is 3.56. The van der Waals surface area contributed by atoms with Gasteiger partial charge in [0.15, 0.2) is 5.96 Å². The van der Waals surface area contributed by atoms with Crippen LogP contribution in [-0.2, 0) is 4.74 Å². The number of rotatable bonds is 10. The minimum atomic E-state index is -0.706. The maximum Gasteiger partial charge on any atom is 0.407 e. The fourth-order valence-corrected chi connectivity index (χ4v) is 3.48. The summed E-state index contributed by atoms with van der Waals surface area (Å²) in [5.74, 6) is 1.00. The number of alkyl carbamates (subject to hydrolysis) is 1. The van der Waals surface area contributed by atoms with E-state index < -0.39 is 12.2 Å². The number of nitrogens with zero attached hydrogens (tertiary/aromatic N) is 1. The first kappa shape index (κ1) is 23.5. The quantitative estimate of drug-likeness (QED) is 0.346. The largest absolute Gasteiger partial charge is 0.450 e. The number of amides is 1. The monoisotopic (exact) mass is 418 g/mol. The number of nitrogens with one attached hydrogen (secondary N) is 3. The normalized spacial score (nSPS) is 14.0. The van der Waals surface area contributed by atoms with E-state index in [0.29, 0.717) is 35.9 Å². The molecule has 1 rings (SSSR count). The van der Waals surface area contributed by atoms with Gasteiger partial charge in [0.05, 0.1) is 17.5 Å². The van der Waals surface area contributed by atoms with Crippen LogP contribution in [0.3, 0.4) is 0 Å². The number of hydrogen-bond acceptors (Lipinski definition) is 5. The first-order chi connectivity index (χ1) is 12.8. The molecule has 9 heteroatoms. The lowest BCUT2D eigenvalue weighted by Crippen LogP contribution is -2.47. The van der Waals surface area contributed by atoms with Crippen molar-refractivity contribution in [3.8, 4) is 0 Å². The molecule has 154 valence electrons. The molecule has 0 fully saturated rings. The number of carbonyl (C=O) groups is 1. The van der Waals surface area contributed by atoms with E-state index in [2.05, 4.69) is 34.8 Å². The van der Waals surface area contributed by atoms with Crippen molar-refractivity contribution >= 4 is 35.0 Å². The van der Waals surface area contributed by atoms with Gasteiger partial charge in [-0.15, -0.1) is 11.3 Å². The van der Waals surface area contributed by atoms with Crippen LogP contribution in [0.4, 0.5) is 4.79 Å². The fraction of sp³-hybridized carbons (Fsp3) is 0.667. The van der Waals surface area contributed by atoms with Crippen molar-refractivity contribution in [1.29, 1.82) is 0 Å². The van der Waals surface area contributed by atoms with E-state index in [4.69, 9.17) is 16.3 Å². The van der Waals surface area contributed by atoms with Gasteiger partial charge in [0.25, 0.3) is 0 Å². The number of carbonyl (C=O) groups excluding carboxylic acids is 1. The highest BCUT2D eigenvalue weighted by Gasteiger charge is 2.16. The van der Waals surface area contributed by atoms with E-state index >= 15 is 0 Å². The molecule has 0 spiro atoms. The lowest BCUT2D eigenvalue weighted by Gasteiger charge is -2.22. The average Bonchev–Trinajstić information content (AvgIpc) is 3.03. The fourth-order valence-electron chi connectivity index (χ4n) is 2.44. The Hall–Kier alpha value is -1.51. The van der Waals surface area contributed by atoms with Gasteiger partial charge in [0.1, 0.15) is 6.10 Å². The Bertz CT molecular complexity index is 595. The predicted molar refractivity (Wildman–Crippen MR) is 112 cm³/mol. The van der Waals surface area contributed by atoms with Crippen LogP contribution in [0.2, 0.25) is 4.34 Å². The maximum absolute atomic E-state index is 11.7. The summed E-state index contributed by atoms with van der Waals surface area (Å²) in [7, 11) is 0. The molecule has 2 unspecified atom stereocenters. The molecule has 0 saturated heterocycles. The number of aliphatic hydroxyl groups is 1. The van der Waals surface area contributed by atoms with Crippen LogP contribution in [-0.4, -0.2) is 49.4 Å². The second-order valence-electron chi connectivity index (χ2n) is 6.45. The number of guanidine groups is 1. The van der Waals surface area contributed by atoms with Crippen molar-refractivity contribution in [2.75, 3.05) is 26.2 Å². The topological polar surface area (TPSA) is 95.0 Å². The highest BCUT2D eigenvalue weighted by molar-refractivity contribution is 7.16. The smallest absolute Gasteiger partial charge is 0.407 e. The molecule has 0 radical (unpaired) electrons. The number of ether oxygens (including phenoxy) is 1. The maximum atomic E-state index is 11.7. The summed E-state index contributed by atoms with van der Waals surface area (Å²) in [5, 5.41) is 19.5. The van der Waals surface area contributed by atoms with Gasteiger partial charge in [-0.25, -0.2) is 4.79 Å². The van der Waals surface area contributed by atoms with Crippen LogP contribution in [0.5, 0.6) is 0 Å².